The second-order valence-electron chi connectivity index (χ2n) is 5.88. The van der Waals surface area contributed by atoms with Gasteiger partial charge in [-0.1, -0.05) is 13.0 Å². The first-order chi connectivity index (χ1) is 12.3. The van der Waals surface area contributed by atoms with Gasteiger partial charge in [-0.05, 0) is 24.6 Å². The maximum atomic E-state index is 12.9. The quantitative estimate of drug-likeness (QED) is 0.723. The summed E-state index contributed by atoms with van der Waals surface area (Å²) in [6, 6.07) is 7.67. The number of carbonyl (C=O) groups excluding carboxylic acids is 1. The van der Waals surface area contributed by atoms with Gasteiger partial charge in [-0.25, -0.2) is 15.0 Å². The molecule has 0 spiro atoms. The topological polar surface area (TPSA) is 71.9 Å². The summed E-state index contributed by atoms with van der Waals surface area (Å²) in [6.45, 7) is 3.41. The first-order valence-electron chi connectivity index (χ1n) is 8.23. The van der Waals surface area contributed by atoms with E-state index in [9.17, 15) is 4.79 Å². The van der Waals surface area contributed by atoms with Crippen LogP contribution in [0.25, 0.3) is 10.8 Å². The third kappa shape index (κ3) is 3.02. The molecule has 0 atom stereocenters. The van der Waals surface area contributed by atoms with Crippen molar-refractivity contribution in [3.8, 4) is 10.8 Å². The third-order valence-electron chi connectivity index (χ3n) is 4.26. The van der Waals surface area contributed by atoms with Crippen molar-refractivity contribution in [2.45, 2.75) is 19.3 Å². The Balaban J connectivity index is 1.52. The molecule has 1 aliphatic heterocycles. The number of aryl methyl sites for hydroxylation is 1. The van der Waals surface area contributed by atoms with Crippen molar-refractivity contribution in [1.82, 2.24) is 24.8 Å². The molecule has 0 bridgehead atoms. The Morgan fingerprint density at radius 3 is 2.60 bits per heavy atom. The van der Waals surface area contributed by atoms with Gasteiger partial charge >= 0.3 is 0 Å². The maximum Gasteiger partial charge on any atom is 0.265 e. The lowest BCUT2D eigenvalue weighted by molar-refractivity contribution is 0.0602. The number of likely N-dealkylation sites (tertiary alicyclic amines) is 1. The Morgan fingerprint density at radius 2 is 1.92 bits per heavy atom. The van der Waals surface area contributed by atoms with Crippen LogP contribution in [-0.2, 0) is 6.42 Å². The van der Waals surface area contributed by atoms with E-state index in [1.807, 2.05) is 30.0 Å². The SMILES string of the molecule is CCc1nc(-c2ncccn2)sc1C(=O)N1CC(c2ccccn2)C1. The first kappa shape index (κ1) is 15.8. The molecule has 0 aliphatic carbocycles. The molecule has 0 saturated carbocycles. The molecule has 25 heavy (non-hydrogen) atoms. The van der Waals surface area contributed by atoms with Crippen LogP contribution in [-0.4, -0.2) is 43.8 Å². The summed E-state index contributed by atoms with van der Waals surface area (Å²) in [5.74, 6) is 0.931. The molecule has 1 amide bonds. The molecule has 3 aromatic rings. The predicted octanol–water partition coefficient (Wildman–Crippen LogP) is 2.80. The minimum atomic E-state index is 0.0451. The van der Waals surface area contributed by atoms with Crippen LogP contribution in [0.15, 0.2) is 42.9 Å². The molecule has 0 aromatic carbocycles. The Morgan fingerprint density at radius 1 is 1.16 bits per heavy atom. The molecule has 1 aliphatic rings. The molecule has 4 heterocycles. The summed E-state index contributed by atoms with van der Waals surface area (Å²) in [5.41, 5.74) is 1.86. The van der Waals surface area contributed by atoms with E-state index in [0.29, 0.717) is 41.1 Å². The highest BCUT2D eigenvalue weighted by Crippen LogP contribution is 2.31. The zero-order valence-corrected chi connectivity index (χ0v) is 14.6. The van der Waals surface area contributed by atoms with E-state index in [-0.39, 0.29) is 5.91 Å². The second-order valence-corrected chi connectivity index (χ2v) is 6.88. The van der Waals surface area contributed by atoms with E-state index in [0.717, 1.165) is 11.4 Å². The highest BCUT2D eigenvalue weighted by atomic mass is 32.1. The normalized spacial score (nSPS) is 14.4. The van der Waals surface area contributed by atoms with E-state index in [2.05, 4.69) is 19.9 Å². The van der Waals surface area contributed by atoms with Gasteiger partial charge in [-0.15, -0.1) is 11.3 Å². The second kappa shape index (κ2) is 6.68. The van der Waals surface area contributed by atoms with Crippen molar-refractivity contribution in [2.24, 2.45) is 0 Å². The van der Waals surface area contributed by atoms with Gasteiger partial charge < -0.3 is 4.90 Å². The molecule has 1 fully saturated rings. The summed E-state index contributed by atoms with van der Waals surface area (Å²) < 4.78 is 0. The molecule has 0 unspecified atom stereocenters. The Labute approximate surface area is 149 Å². The van der Waals surface area contributed by atoms with Crippen molar-refractivity contribution in [1.29, 1.82) is 0 Å². The summed E-state index contributed by atoms with van der Waals surface area (Å²) in [5, 5.41) is 0.697. The fourth-order valence-electron chi connectivity index (χ4n) is 2.86. The molecule has 7 heteroatoms. The molecule has 3 aromatic heterocycles. The van der Waals surface area contributed by atoms with Crippen molar-refractivity contribution in [3.05, 3.63) is 59.1 Å². The van der Waals surface area contributed by atoms with Crippen molar-refractivity contribution >= 4 is 17.2 Å². The standard InChI is InChI=1S/C18H17N5OS/c1-2-13-15(25-17(22-13)16-20-8-5-9-21-16)18(24)23-10-12(11-23)14-6-3-4-7-19-14/h3-9,12H,2,10-11H2,1H3. The fourth-order valence-corrected chi connectivity index (χ4v) is 3.93. The van der Waals surface area contributed by atoms with E-state index in [1.165, 1.54) is 11.3 Å². The number of rotatable bonds is 4. The Kier molecular flexibility index (Phi) is 4.23. The number of aromatic nitrogens is 4. The molecule has 126 valence electrons. The minimum absolute atomic E-state index is 0.0451. The molecule has 0 N–H and O–H groups in total. The third-order valence-corrected chi connectivity index (χ3v) is 5.34. The first-order valence-corrected chi connectivity index (χ1v) is 9.05. The van der Waals surface area contributed by atoms with E-state index in [4.69, 9.17) is 0 Å². The molecule has 1 saturated heterocycles. The number of thiazole rings is 1. The Bertz CT molecular complexity index is 875. The van der Waals surface area contributed by atoms with Gasteiger partial charge in [0.2, 0.25) is 0 Å². The van der Waals surface area contributed by atoms with Gasteiger partial charge in [0.05, 0.1) is 5.69 Å². The van der Waals surface area contributed by atoms with Gasteiger partial charge in [0.25, 0.3) is 5.91 Å². The fraction of sp³-hybridized carbons (Fsp3) is 0.278. The lowest BCUT2D eigenvalue weighted by Crippen LogP contribution is -2.48. The van der Waals surface area contributed by atoms with Gasteiger partial charge in [-0.2, -0.15) is 0 Å². The number of hydrogen-bond donors (Lipinski definition) is 0. The van der Waals surface area contributed by atoms with Crippen molar-refractivity contribution < 1.29 is 4.79 Å². The zero-order chi connectivity index (χ0) is 17.2. The molecular weight excluding hydrogens is 334 g/mol. The number of carbonyl (C=O) groups is 1. The van der Waals surface area contributed by atoms with Crippen LogP contribution in [0.1, 0.15) is 33.9 Å². The van der Waals surface area contributed by atoms with Crippen molar-refractivity contribution in [3.63, 3.8) is 0 Å². The zero-order valence-electron chi connectivity index (χ0n) is 13.8. The van der Waals surface area contributed by atoms with Crippen LogP contribution < -0.4 is 0 Å². The molecule has 6 nitrogen and oxygen atoms in total. The smallest absolute Gasteiger partial charge is 0.265 e. The highest BCUT2D eigenvalue weighted by Gasteiger charge is 2.35. The minimum Gasteiger partial charge on any atom is -0.336 e. The predicted molar refractivity (Wildman–Crippen MR) is 95.4 cm³/mol. The van der Waals surface area contributed by atoms with E-state index < -0.39 is 0 Å². The van der Waals surface area contributed by atoms with Crippen LogP contribution in [0.4, 0.5) is 0 Å². The lowest BCUT2D eigenvalue weighted by atomic mass is 9.95. The average Bonchev–Trinajstić information content (AvgIpc) is 3.06. The molecular formula is C18H17N5OS. The summed E-state index contributed by atoms with van der Waals surface area (Å²) in [6.07, 6.45) is 5.87. The summed E-state index contributed by atoms with van der Waals surface area (Å²) in [7, 11) is 0. The number of nitrogens with zero attached hydrogens (tertiary/aromatic N) is 5. The van der Waals surface area contributed by atoms with Crippen LogP contribution in [0.5, 0.6) is 0 Å². The van der Waals surface area contributed by atoms with Gasteiger partial charge in [-0.3, -0.25) is 9.78 Å². The Hall–Kier alpha value is -2.67. The number of amides is 1. The molecule has 4 rings (SSSR count). The van der Waals surface area contributed by atoms with E-state index in [1.54, 1.807) is 24.7 Å². The number of pyridine rings is 1. The number of hydrogen-bond acceptors (Lipinski definition) is 6. The largest absolute Gasteiger partial charge is 0.336 e. The summed E-state index contributed by atoms with van der Waals surface area (Å²) >= 11 is 1.38. The average molecular weight is 351 g/mol. The van der Waals surface area contributed by atoms with Crippen LogP contribution >= 0.6 is 11.3 Å². The maximum absolute atomic E-state index is 12.9. The van der Waals surface area contributed by atoms with Gasteiger partial charge in [0.1, 0.15) is 4.88 Å². The van der Waals surface area contributed by atoms with Crippen LogP contribution in [0.3, 0.4) is 0 Å². The van der Waals surface area contributed by atoms with Crippen LogP contribution in [0.2, 0.25) is 0 Å². The monoisotopic (exact) mass is 351 g/mol. The van der Waals surface area contributed by atoms with E-state index >= 15 is 0 Å². The van der Waals surface area contributed by atoms with Gasteiger partial charge in [0, 0.05) is 43.3 Å². The highest BCUT2D eigenvalue weighted by molar-refractivity contribution is 7.17. The summed E-state index contributed by atoms with van der Waals surface area (Å²) in [4.78, 5) is 32.8. The van der Waals surface area contributed by atoms with Crippen molar-refractivity contribution in [2.75, 3.05) is 13.1 Å². The van der Waals surface area contributed by atoms with Gasteiger partial charge in [0.15, 0.2) is 10.8 Å². The lowest BCUT2D eigenvalue weighted by Gasteiger charge is -2.38. The molecule has 0 radical (unpaired) electrons. The van der Waals surface area contributed by atoms with Crippen LogP contribution in [0, 0.1) is 0 Å².